The van der Waals surface area contributed by atoms with Crippen molar-refractivity contribution in [1.29, 1.82) is 0 Å². The Morgan fingerprint density at radius 3 is 2.16 bits per heavy atom. The van der Waals surface area contributed by atoms with Crippen LogP contribution in [0.15, 0.2) is 73.4 Å². The Morgan fingerprint density at radius 2 is 1.51 bits per heavy atom. The number of halogens is 6. The molecule has 188 valence electrons. The second kappa shape index (κ2) is 10.9. The van der Waals surface area contributed by atoms with Crippen molar-refractivity contribution in [1.82, 2.24) is 4.98 Å². The smallest absolute Gasteiger partial charge is 0.256 e. The Morgan fingerprint density at radius 1 is 0.811 bits per heavy atom. The van der Waals surface area contributed by atoms with Crippen molar-refractivity contribution in [3.8, 4) is 23.1 Å². The molecular formula is C30H21F6N. The van der Waals surface area contributed by atoms with Crippen LogP contribution in [0.2, 0.25) is 0 Å². The fourth-order valence-electron chi connectivity index (χ4n) is 4.01. The van der Waals surface area contributed by atoms with E-state index in [0.29, 0.717) is 18.4 Å². The highest BCUT2D eigenvalue weighted by Gasteiger charge is 2.24. The quantitative estimate of drug-likeness (QED) is 0.139. The lowest BCUT2D eigenvalue weighted by Crippen LogP contribution is -2.03. The number of aryl methyl sites for hydroxylation is 3. The molecule has 0 spiro atoms. The van der Waals surface area contributed by atoms with Gasteiger partial charge in [-0.05, 0) is 66.0 Å². The van der Waals surface area contributed by atoms with E-state index in [4.69, 9.17) is 0 Å². The van der Waals surface area contributed by atoms with Gasteiger partial charge in [0.05, 0.1) is 16.6 Å². The van der Waals surface area contributed by atoms with Gasteiger partial charge in [0.1, 0.15) is 11.6 Å². The molecule has 3 aromatic carbocycles. The molecule has 0 aliphatic heterocycles. The normalized spacial score (nSPS) is 11.3. The number of alkyl halides is 3. The molecule has 0 radical (unpaired) electrons. The van der Waals surface area contributed by atoms with Crippen molar-refractivity contribution >= 4 is 10.8 Å². The third-order valence-electron chi connectivity index (χ3n) is 5.88. The molecule has 4 rings (SSSR count). The van der Waals surface area contributed by atoms with Gasteiger partial charge in [-0.15, -0.1) is 6.58 Å². The number of benzene rings is 3. The van der Waals surface area contributed by atoms with Crippen LogP contribution in [0, 0.1) is 29.3 Å². The Labute approximate surface area is 210 Å². The predicted octanol–water partition coefficient (Wildman–Crippen LogP) is 8.14. The van der Waals surface area contributed by atoms with E-state index < -0.39 is 34.6 Å². The fourth-order valence-corrected chi connectivity index (χ4v) is 4.01. The van der Waals surface area contributed by atoms with Gasteiger partial charge in [-0.25, -0.2) is 13.2 Å². The minimum Gasteiger partial charge on any atom is -0.256 e. The molecule has 0 aliphatic rings. The first kappa shape index (κ1) is 26.0. The van der Waals surface area contributed by atoms with E-state index in [9.17, 15) is 26.3 Å². The summed E-state index contributed by atoms with van der Waals surface area (Å²) in [4.78, 5) is 4.51. The summed E-state index contributed by atoms with van der Waals surface area (Å²) >= 11 is 0. The van der Waals surface area contributed by atoms with E-state index in [-0.39, 0.29) is 5.39 Å². The molecule has 0 N–H and O–H groups in total. The maximum atomic E-state index is 14.7. The second-order valence-corrected chi connectivity index (χ2v) is 8.55. The maximum Gasteiger partial charge on any atom is 0.458 e. The van der Waals surface area contributed by atoms with Crippen LogP contribution in [0.25, 0.3) is 22.0 Å². The predicted molar refractivity (Wildman–Crippen MR) is 132 cm³/mol. The summed E-state index contributed by atoms with van der Waals surface area (Å²) in [7, 11) is 0. The first-order valence-electron chi connectivity index (χ1n) is 11.5. The van der Waals surface area contributed by atoms with Gasteiger partial charge in [-0.3, -0.25) is 4.98 Å². The molecule has 0 saturated heterocycles. The zero-order valence-corrected chi connectivity index (χ0v) is 19.6. The van der Waals surface area contributed by atoms with Crippen molar-refractivity contribution in [2.45, 2.75) is 31.9 Å². The van der Waals surface area contributed by atoms with Gasteiger partial charge in [0, 0.05) is 17.7 Å². The van der Waals surface area contributed by atoms with Crippen LogP contribution in [-0.4, -0.2) is 11.2 Å². The topological polar surface area (TPSA) is 12.9 Å². The van der Waals surface area contributed by atoms with Crippen LogP contribution in [-0.2, 0) is 19.3 Å². The van der Waals surface area contributed by atoms with Crippen molar-refractivity contribution in [3.63, 3.8) is 0 Å². The Bertz CT molecular complexity index is 1490. The monoisotopic (exact) mass is 509 g/mol. The second-order valence-electron chi connectivity index (χ2n) is 8.55. The van der Waals surface area contributed by atoms with Gasteiger partial charge in [0.2, 0.25) is 0 Å². The zero-order valence-electron chi connectivity index (χ0n) is 19.6. The SMILES string of the molecule is C=CCCc1ccc(-c2ccc(CCc3cc(F)c4c(F)c(C#CC(F)(F)F)c(F)cc4c3)cc2)nc1. The Kier molecular flexibility index (Phi) is 7.68. The Hall–Kier alpha value is -4.05. The summed E-state index contributed by atoms with van der Waals surface area (Å²) in [6.07, 6.45) is 1.49. The number of hydrogen-bond donors (Lipinski definition) is 0. The molecule has 0 aliphatic carbocycles. The lowest BCUT2D eigenvalue weighted by molar-refractivity contribution is -0.0696. The molecule has 0 atom stereocenters. The molecular weight excluding hydrogens is 488 g/mol. The zero-order chi connectivity index (χ0) is 26.6. The molecule has 1 heterocycles. The van der Waals surface area contributed by atoms with Crippen LogP contribution in [0.4, 0.5) is 26.3 Å². The minimum atomic E-state index is -4.93. The number of fused-ring (bicyclic) bond motifs is 1. The van der Waals surface area contributed by atoms with Crippen molar-refractivity contribution < 1.29 is 26.3 Å². The molecule has 1 nitrogen and oxygen atoms in total. The maximum absolute atomic E-state index is 14.7. The van der Waals surface area contributed by atoms with Crippen LogP contribution in [0.3, 0.4) is 0 Å². The van der Waals surface area contributed by atoms with Crippen LogP contribution in [0.5, 0.6) is 0 Å². The van der Waals surface area contributed by atoms with Crippen molar-refractivity contribution in [2.75, 3.05) is 0 Å². The molecule has 37 heavy (non-hydrogen) atoms. The van der Waals surface area contributed by atoms with Crippen LogP contribution >= 0.6 is 0 Å². The minimum absolute atomic E-state index is 0.0829. The van der Waals surface area contributed by atoms with Gasteiger partial charge in [0.15, 0.2) is 5.82 Å². The summed E-state index contributed by atoms with van der Waals surface area (Å²) in [5, 5.41) is -0.676. The van der Waals surface area contributed by atoms with E-state index in [0.717, 1.165) is 53.3 Å². The number of hydrogen-bond acceptors (Lipinski definition) is 1. The van der Waals surface area contributed by atoms with E-state index >= 15 is 0 Å². The van der Waals surface area contributed by atoms with Gasteiger partial charge >= 0.3 is 6.18 Å². The van der Waals surface area contributed by atoms with Gasteiger partial charge < -0.3 is 0 Å². The third-order valence-corrected chi connectivity index (χ3v) is 5.88. The summed E-state index contributed by atoms with van der Waals surface area (Å²) in [6.45, 7) is 3.72. The van der Waals surface area contributed by atoms with Crippen LogP contribution in [0.1, 0.15) is 28.7 Å². The number of nitrogens with zero attached hydrogens (tertiary/aromatic N) is 1. The highest BCUT2D eigenvalue weighted by atomic mass is 19.4. The lowest BCUT2D eigenvalue weighted by atomic mass is 9.98. The van der Waals surface area contributed by atoms with E-state index in [1.807, 2.05) is 48.7 Å². The molecule has 0 fully saturated rings. The fraction of sp³-hybridized carbons (Fsp3) is 0.167. The number of pyridine rings is 1. The van der Waals surface area contributed by atoms with Gasteiger partial charge in [-0.2, -0.15) is 13.2 Å². The lowest BCUT2D eigenvalue weighted by Gasteiger charge is -2.09. The van der Waals surface area contributed by atoms with Crippen molar-refractivity contribution in [2.24, 2.45) is 0 Å². The average Bonchev–Trinajstić information content (AvgIpc) is 2.85. The average molecular weight is 509 g/mol. The molecule has 1 aromatic heterocycles. The van der Waals surface area contributed by atoms with E-state index in [2.05, 4.69) is 11.6 Å². The van der Waals surface area contributed by atoms with Crippen LogP contribution < -0.4 is 0 Å². The highest BCUT2D eigenvalue weighted by Crippen LogP contribution is 2.28. The van der Waals surface area contributed by atoms with Crippen molar-refractivity contribution in [3.05, 3.63) is 113 Å². The largest absolute Gasteiger partial charge is 0.458 e. The van der Waals surface area contributed by atoms with Gasteiger partial charge in [0.25, 0.3) is 0 Å². The summed E-state index contributed by atoms with van der Waals surface area (Å²) in [5.74, 6) is -1.47. The number of aromatic nitrogens is 1. The number of rotatable bonds is 7. The highest BCUT2D eigenvalue weighted by molar-refractivity contribution is 5.86. The first-order valence-corrected chi connectivity index (χ1v) is 11.5. The summed E-state index contributed by atoms with van der Waals surface area (Å²) in [5.41, 5.74) is 3.28. The third kappa shape index (κ3) is 6.39. The summed E-state index contributed by atoms with van der Waals surface area (Å²) in [6, 6.07) is 15.1. The Balaban J connectivity index is 1.50. The summed E-state index contributed by atoms with van der Waals surface area (Å²) < 4.78 is 80.7. The van der Waals surface area contributed by atoms with Gasteiger partial charge in [-0.1, -0.05) is 48.4 Å². The standard InChI is InChI=1S/C30H21F6N/c1-2-3-4-20-9-12-27(37-18-20)22-10-7-19(8-11-22)5-6-21-15-23-17-25(31)24(13-14-30(34,35)36)29(33)28(23)26(32)16-21/h2,7-12,15-18H,1,3-6H2. The molecule has 0 unspecified atom stereocenters. The molecule has 7 heteroatoms. The first-order chi connectivity index (χ1) is 17.6. The molecule has 0 amide bonds. The molecule has 0 saturated carbocycles. The molecule has 0 bridgehead atoms. The number of allylic oxidation sites excluding steroid dienone is 1. The van der Waals surface area contributed by atoms with E-state index in [1.165, 1.54) is 12.0 Å². The molecule has 4 aromatic rings. The van der Waals surface area contributed by atoms with E-state index in [1.54, 1.807) is 0 Å².